The quantitative estimate of drug-likeness (QED) is 0.910. The molecular formula is C13H15ClO3. The summed E-state index contributed by atoms with van der Waals surface area (Å²) in [7, 11) is 1.56. The Kier molecular flexibility index (Phi) is 3.43. The molecule has 0 saturated heterocycles. The van der Waals surface area contributed by atoms with Gasteiger partial charge in [-0.3, -0.25) is 0 Å². The van der Waals surface area contributed by atoms with Crippen LogP contribution in [0, 0.1) is 0 Å². The van der Waals surface area contributed by atoms with Gasteiger partial charge in [0.1, 0.15) is 16.9 Å². The predicted molar refractivity (Wildman–Crippen MR) is 67.3 cm³/mol. The maximum atomic E-state index is 10.4. The third-order valence-corrected chi connectivity index (χ3v) is 3.14. The number of methoxy groups -OCH3 is 1. The summed E-state index contributed by atoms with van der Waals surface area (Å²) in [4.78, 5) is 0. The topological polar surface area (TPSA) is 42.6 Å². The molecule has 2 aromatic rings. The fourth-order valence-electron chi connectivity index (χ4n) is 1.83. The predicted octanol–water partition coefficient (Wildman–Crippen LogP) is 3.33. The summed E-state index contributed by atoms with van der Waals surface area (Å²) in [6.45, 7) is 2.09. The highest BCUT2D eigenvalue weighted by Gasteiger charge is 2.31. The Morgan fingerprint density at radius 2 is 2.18 bits per heavy atom. The van der Waals surface area contributed by atoms with Crippen molar-refractivity contribution >= 4 is 22.6 Å². The van der Waals surface area contributed by atoms with Crippen molar-refractivity contribution < 1.29 is 14.3 Å². The molecule has 0 amide bonds. The molecule has 2 rings (SSSR count). The summed E-state index contributed by atoms with van der Waals surface area (Å²) in [5.41, 5.74) is -0.368. The average Bonchev–Trinajstić information content (AvgIpc) is 2.72. The van der Waals surface area contributed by atoms with Crippen LogP contribution < -0.4 is 0 Å². The van der Waals surface area contributed by atoms with Crippen molar-refractivity contribution in [2.75, 3.05) is 13.7 Å². The van der Waals surface area contributed by atoms with Crippen LogP contribution in [-0.4, -0.2) is 18.8 Å². The van der Waals surface area contributed by atoms with Crippen LogP contribution in [0.4, 0.5) is 0 Å². The van der Waals surface area contributed by atoms with E-state index in [-0.39, 0.29) is 6.61 Å². The minimum atomic E-state index is -1.08. The Labute approximate surface area is 105 Å². The van der Waals surface area contributed by atoms with Crippen LogP contribution in [0.2, 0.25) is 5.02 Å². The molecule has 1 aromatic carbocycles. The molecule has 1 N–H and O–H groups in total. The van der Waals surface area contributed by atoms with E-state index in [0.29, 0.717) is 22.8 Å². The van der Waals surface area contributed by atoms with E-state index < -0.39 is 5.60 Å². The fraction of sp³-hybridized carbons (Fsp3) is 0.385. The standard InChI is InChI=1S/C13H15ClO3/c1-3-13(15,8-16-2)12-7-9-6-10(14)4-5-11(9)17-12/h4-7,15H,3,8H2,1-2H3. The van der Waals surface area contributed by atoms with Gasteiger partial charge in [0.25, 0.3) is 0 Å². The molecule has 1 unspecified atom stereocenters. The van der Waals surface area contributed by atoms with Crippen LogP contribution in [-0.2, 0) is 10.3 Å². The van der Waals surface area contributed by atoms with E-state index >= 15 is 0 Å². The molecule has 1 atom stereocenters. The fourth-order valence-corrected chi connectivity index (χ4v) is 2.01. The third kappa shape index (κ3) is 2.32. The smallest absolute Gasteiger partial charge is 0.145 e. The maximum absolute atomic E-state index is 10.4. The SMILES string of the molecule is CCC(O)(COC)c1cc2cc(Cl)ccc2o1. The molecule has 0 saturated carbocycles. The van der Waals surface area contributed by atoms with Crippen molar-refractivity contribution in [1.82, 2.24) is 0 Å². The molecule has 92 valence electrons. The van der Waals surface area contributed by atoms with Gasteiger partial charge >= 0.3 is 0 Å². The van der Waals surface area contributed by atoms with Crippen LogP contribution in [0.25, 0.3) is 11.0 Å². The highest BCUT2D eigenvalue weighted by molar-refractivity contribution is 6.31. The first-order valence-corrected chi connectivity index (χ1v) is 5.88. The number of aliphatic hydroxyl groups is 1. The van der Waals surface area contributed by atoms with Gasteiger partial charge in [0.15, 0.2) is 0 Å². The van der Waals surface area contributed by atoms with E-state index in [4.69, 9.17) is 20.8 Å². The number of ether oxygens (including phenoxy) is 1. The maximum Gasteiger partial charge on any atom is 0.145 e. The molecule has 1 heterocycles. The largest absolute Gasteiger partial charge is 0.458 e. The molecule has 0 aliphatic rings. The number of halogens is 1. The van der Waals surface area contributed by atoms with Gasteiger partial charge in [0.2, 0.25) is 0 Å². The lowest BCUT2D eigenvalue weighted by Gasteiger charge is -2.22. The van der Waals surface area contributed by atoms with E-state index in [1.807, 2.05) is 19.1 Å². The Balaban J connectivity index is 2.48. The summed E-state index contributed by atoms with van der Waals surface area (Å²) < 4.78 is 10.7. The third-order valence-electron chi connectivity index (χ3n) is 2.91. The number of rotatable bonds is 4. The zero-order valence-electron chi connectivity index (χ0n) is 9.87. The number of hydrogen-bond donors (Lipinski definition) is 1. The molecule has 0 bridgehead atoms. The Morgan fingerprint density at radius 3 is 2.82 bits per heavy atom. The Morgan fingerprint density at radius 1 is 1.41 bits per heavy atom. The summed E-state index contributed by atoms with van der Waals surface area (Å²) >= 11 is 5.91. The van der Waals surface area contributed by atoms with Gasteiger partial charge in [-0.15, -0.1) is 0 Å². The zero-order chi connectivity index (χ0) is 12.5. The van der Waals surface area contributed by atoms with Crippen molar-refractivity contribution in [2.45, 2.75) is 18.9 Å². The molecule has 0 fully saturated rings. The van der Waals surface area contributed by atoms with E-state index in [0.717, 1.165) is 5.39 Å². The first-order valence-electron chi connectivity index (χ1n) is 5.50. The number of furan rings is 1. The molecule has 1 aromatic heterocycles. The number of fused-ring (bicyclic) bond motifs is 1. The molecule has 0 aliphatic heterocycles. The first-order chi connectivity index (χ1) is 8.09. The van der Waals surface area contributed by atoms with Crippen molar-refractivity contribution in [2.24, 2.45) is 0 Å². The van der Waals surface area contributed by atoms with Gasteiger partial charge < -0.3 is 14.3 Å². The van der Waals surface area contributed by atoms with Gasteiger partial charge in [0.05, 0.1) is 6.61 Å². The normalized spacial score (nSPS) is 15.1. The number of benzene rings is 1. The van der Waals surface area contributed by atoms with E-state index in [2.05, 4.69) is 0 Å². The van der Waals surface area contributed by atoms with E-state index in [9.17, 15) is 5.11 Å². The van der Waals surface area contributed by atoms with Gasteiger partial charge in [-0.05, 0) is 30.7 Å². The highest BCUT2D eigenvalue weighted by atomic mass is 35.5. The van der Waals surface area contributed by atoms with E-state index in [1.54, 1.807) is 19.2 Å². The van der Waals surface area contributed by atoms with Gasteiger partial charge in [-0.2, -0.15) is 0 Å². The second kappa shape index (κ2) is 4.69. The van der Waals surface area contributed by atoms with Crippen LogP contribution in [0.3, 0.4) is 0 Å². The lowest BCUT2D eigenvalue weighted by Crippen LogP contribution is -2.29. The minimum absolute atomic E-state index is 0.205. The lowest BCUT2D eigenvalue weighted by molar-refractivity contribution is -0.0525. The van der Waals surface area contributed by atoms with Crippen LogP contribution in [0.15, 0.2) is 28.7 Å². The van der Waals surface area contributed by atoms with Gasteiger partial charge in [0, 0.05) is 17.5 Å². The van der Waals surface area contributed by atoms with E-state index in [1.165, 1.54) is 0 Å². The first kappa shape index (κ1) is 12.4. The molecule has 0 spiro atoms. The molecular weight excluding hydrogens is 240 g/mol. The molecule has 4 heteroatoms. The van der Waals surface area contributed by atoms with Crippen molar-refractivity contribution in [3.05, 3.63) is 35.0 Å². The molecule has 0 aliphatic carbocycles. The Hall–Kier alpha value is -1.03. The Bertz CT molecular complexity index is 520. The van der Waals surface area contributed by atoms with Crippen molar-refractivity contribution in [3.8, 4) is 0 Å². The van der Waals surface area contributed by atoms with Crippen molar-refractivity contribution in [1.29, 1.82) is 0 Å². The second-order valence-corrected chi connectivity index (χ2v) is 4.55. The second-order valence-electron chi connectivity index (χ2n) is 4.11. The summed E-state index contributed by atoms with van der Waals surface area (Å²) in [5, 5.41) is 11.9. The summed E-state index contributed by atoms with van der Waals surface area (Å²) in [5.74, 6) is 0.513. The van der Waals surface area contributed by atoms with Crippen LogP contribution >= 0.6 is 11.6 Å². The van der Waals surface area contributed by atoms with Crippen LogP contribution in [0.1, 0.15) is 19.1 Å². The molecule has 0 radical (unpaired) electrons. The average molecular weight is 255 g/mol. The van der Waals surface area contributed by atoms with Gasteiger partial charge in [-0.1, -0.05) is 18.5 Å². The number of hydrogen-bond acceptors (Lipinski definition) is 3. The van der Waals surface area contributed by atoms with Crippen LogP contribution in [0.5, 0.6) is 0 Å². The van der Waals surface area contributed by atoms with Gasteiger partial charge in [-0.25, -0.2) is 0 Å². The molecule has 3 nitrogen and oxygen atoms in total. The zero-order valence-corrected chi connectivity index (χ0v) is 10.6. The minimum Gasteiger partial charge on any atom is -0.458 e. The summed E-state index contributed by atoms with van der Waals surface area (Å²) in [6, 6.07) is 7.18. The summed E-state index contributed by atoms with van der Waals surface area (Å²) in [6.07, 6.45) is 0.522. The van der Waals surface area contributed by atoms with Crippen molar-refractivity contribution in [3.63, 3.8) is 0 Å². The monoisotopic (exact) mass is 254 g/mol. The molecule has 17 heavy (non-hydrogen) atoms. The lowest BCUT2D eigenvalue weighted by atomic mass is 9.98. The highest BCUT2D eigenvalue weighted by Crippen LogP contribution is 2.31.